The van der Waals surface area contributed by atoms with Gasteiger partial charge in [0.1, 0.15) is 0 Å². The number of piperidine rings is 1. The molecule has 0 bridgehead atoms. The molecule has 1 fully saturated rings. The van der Waals surface area contributed by atoms with Crippen molar-refractivity contribution in [2.75, 3.05) is 23.3 Å². The summed E-state index contributed by atoms with van der Waals surface area (Å²) in [5.41, 5.74) is 4.93. The number of hydrogen-bond acceptors (Lipinski definition) is 5. The maximum Gasteiger partial charge on any atom is 0.247 e. The highest BCUT2D eigenvalue weighted by molar-refractivity contribution is 5.61. The Kier molecular flexibility index (Phi) is 5.51. The fourth-order valence-electron chi connectivity index (χ4n) is 3.86. The molecule has 1 N–H and O–H groups in total. The van der Waals surface area contributed by atoms with Gasteiger partial charge in [-0.15, -0.1) is 5.10 Å². The molecule has 28 heavy (non-hydrogen) atoms. The molecule has 2 aromatic carbocycles. The molecule has 0 spiro atoms. The van der Waals surface area contributed by atoms with Gasteiger partial charge in [-0.05, 0) is 56.2 Å². The molecule has 1 aliphatic heterocycles. The Morgan fingerprint density at radius 2 is 1.82 bits per heavy atom. The topological polar surface area (TPSA) is 53.9 Å². The van der Waals surface area contributed by atoms with Gasteiger partial charge in [0, 0.05) is 18.8 Å². The molecule has 0 aliphatic carbocycles. The lowest BCUT2D eigenvalue weighted by molar-refractivity contribution is 0.400. The van der Waals surface area contributed by atoms with E-state index in [4.69, 9.17) is 4.98 Å². The molecular weight excluding hydrogens is 346 g/mol. The number of nitrogens with zero attached hydrogens (tertiary/aromatic N) is 4. The summed E-state index contributed by atoms with van der Waals surface area (Å²) in [7, 11) is 0. The summed E-state index contributed by atoms with van der Waals surface area (Å²) in [5.74, 6) is 2.18. The fourth-order valence-corrected chi connectivity index (χ4v) is 3.86. The Hall–Kier alpha value is -2.95. The molecule has 0 atom stereocenters. The molecule has 4 rings (SSSR count). The number of benzene rings is 2. The summed E-state index contributed by atoms with van der Waals surface area (Å²) >= 11 is 0. The van der Waals surface area contributed by atoms with Crippen LogP contribution in [0.15, 0.2) is 54.7 Å². The Balaban J connectivity index is 1.38. The number of anilines is 3. The molecule has 1 aromatic heterocycles. The first-order valence-corrected chi connectivity index (χ1v) is 10.0. The van der Waals surface area contributed by atoms with E-state index in [1.807, 2.05) is 0 Å². The van der Waals surface area contributed by atoms with Crippen LogP contribution in [0.3, 0.4) is 0 Å². The molecule has 0 saturated carbocycles. The van der Waals surface area contributed by atoms with Crippen molar-refractivity contribution in [3.05, 3.63) is 71.4 Å². The van der Waals surface area contributed by atoms with Crippen molar-refractivity contribution in [3.63, 3.8) is 0 Å². The lowest BCUT2D eigenvalue weighted by atomic mass is 9.90. The van der Waals surface area contributed by atoms with E-state index >= 15 is 0 Å². The summed E-state index contributed by atoms with van der Waals surface area (Å²) in [4.78, 5) is 6.96. The molecule has 1 aliphatic rings. The van der Waals surface area contributed by atoms with Crippen LogP contribution < -0.4 is 10.2 Å². The number of aromatic nitrogens is 3. The van der Waals surface area contributed by atoms with Crippen molar-refractivity contribution in [3.8, 4) is 0 Å². The van der Waals surface area contributed by atoms with E-state index in [0.717, 1.165) is 49.8 Å². The Morgan fingerprint density at radius 1 is 1.04 bits per heavy atom. The van der Waals surface area contributed by atoms with Crippen molar-refractivity contribution in [2.24, 2.45) is 5.92 Å². The second-order valence-corrected chi connectivity index (χ2v) is 7.71. The number of nitrogens with one attached hydrogen (secondary N) is 1. The zero-order chi connectivity index (χ0) is 19.3. The lowest BCUT2D eigenvalue weighted by Crippen LogP contribution is -2.35. The number of aryl methyl sites for hydroxylation is 2. The van der Waals surface area contributed by atoms with Crippen LogP contribution in [0.2, 0.25) is 0 Å². The van der Waals surface area contributed by atoms with Crippen LogP contribution in [0.4, 0.5) is 17.5 Å². The highest BCUT2D eigenvalue weighted by atomic mass is 15.3. The quantitative estimate of drug-likeness (QED) is 0.703. The summed E-state index contributed by atoms with van der Waals surface area (Å²) in [5, 5.41) is 11.8. The SMILES string of the molecule is Cc1ccc(Nc2cnnc(N3CCC(Cc4ccccc4)CC3)n2)c(C)c1. The van der Waals surface area contributed by atoms with Crippen LogP contribution in [-0.2, 0) is 6.42 Å². The van der Waals surface area contributed by atoms with Crippen molar-refractivity contribution in [1.29, 1.82) is 0 Å². The van der Waals surface area contributed by atoms with Crippen molar-refractivity contribution in [1.82, 2.24) is 15.2 Å². The maximum atomic E-state index is 4.71. The van der Waals surface area contributed by atoms with Crippen LogP contribution in [0.5, 0.6) is 0 Å². The monoisotopic (exact) mass is 373 g/mol. The van der Waals surface area contributed by atoms with E-state index in [1.165, 1.54) is 16.7 Å². The molecule has 1 saturated heterocycles. The predicted octanol–water partition coefficient (Wildman–Crippen LogP) is 4.69. The molecule has 0 unspecified atom stereocenters. The van der Waals surface area contributed by atoms with Crippen LogP contribution in [0.1, 0.15) is 29.5 Å². The number of hydrogen-bond donors (Lipinski definition) is 1. The Bertz CT molecular complexity index is 917. The molecule has 0 amide bonds. The minimum atomic E-state index is 0.716. The highest BCUT2D eigenvalue weighted by Crippen LogP contribution is 2.25. The maximum absolute atomic E-state index is 4.71. The summed E-state index contributed by atoms with van der Waals surface area (Å²) < 4.78 is 0. The van der Waals surface area contributed by atoms with Gasteiger partial charge in [-0.1, -0.05) is 48.0 Å². The number of rotatable bonds is 5. The minimum absolute atomic E-state index is 0.716. The summed E-state index contributed by atoms with van der Waals surface area (Å²) in [6.07, 6.45) is 5.16. The van der Waals surface area contributed by atoms with Crippen LogP contribution in [-0.4, -0.2) is 28.3 Å². The van der Waals surface area contributed by atoms with E-state index in [9.17, 15) is 0 Å². The molecule has 0 radical (unpaired) electrons. The summed E-state index contributed by atoms with van der Waals surface area (Å²) in [6, 6.07) is 17.1. The van der Waals surface area contributed by atoms with Gasteiger partial charge in [0.2, 0.25) is 5.95 Å². The third-order valence-electron chi connectivity index (χ3n) is 5.46. The zero-order valence-electron chi connectivity index (χ0n) is 16.6. The van der Waals surface area contributed by atoms with Gasteiger partial charge in [0.05, 0.1) is 6.20 Å². The van der Waals surface area contributed by atoms with Gasteiger partial charge in [-0.2, -0.15) is 10.1 Å². The first kappa shape index (κ1) is 18.4. The summed E-state index contributed by atoms with van der Waals surface area (Å²) in [6.45, 7) is 6.16. The second-order valence-electron chi connectivity index (χ2n) is 7.71. The molecule has 3 aromatic rings. The van der Waals surface area contributed by atoms with E-state index in [1.54, 1.807) is 6.20 Å². The molecule has 5 heteroatoms. The third-order valence-corrected chi connectivity index (χ3v) is 5.46. The Morgan fingerprint density at radius 3 is 2.57 bits per heavy atom. The average molecular weight is 374 g/mol. The molecule has 144 valence electrons. The van der Waals surface area contributed by atoms with Crippen LogP contribution in [0, 0.1) is 19.8 Å². The fraction of sp³-hybridized carbons (Fsp3) is 0.348. The van der Waals surface area contributed by atoms with Gasteiger partial charge in [0.15, 0.2) is 5.82 Å². The van der Waals surface area contributed by atoms with Crippen molar-refractivity contribution < 1.29 is 0 Å². The molecule has 2 heterocycles. The molecular formula is C23H27N5. The van der Waals surface area contributed by atoms with E-state index in [-0.39, 0.29) is 0 Å². The molecule has 5 nitrogen and oxygen atoms in total. The van der Waals surface area contributed by atoms with Crippen molar-refractivity contribution in [2.45, 2.75) is 33.1 Å². The first-order valence-electron chi connectivity index (χ1n) is 10.0. The standard InChI is InChI=1S/C23H27N5/c1-17-8-9-21(18(2)14-17)25-22-16-24-27-23(26-22)28-12-10-20(11-13-28)15-19-6-4-3-5-7-19/h3-9,14,16,20H,10-13,15H2,1-2H3,(H,25,26,27). The smallest absolute Gasteiger partial charge is 0.247 e. The van der Waals surface area contributed by atoms with E-state index in [2.05, 4.69) is 82.8 Å². The predicted molar refractivity (Wildman–Crippen MR) is 114 cm³/mol. The van der Waals surface area contributed by atoms with E-state index in [0.29, 0.717) is 5.95 Å². The van der Waals surface area contributed by atoms with Crippen molar-refractivity contribution >= 4 is 17.5 Å². The van der Waals surface area contributed by atoms with Gasteiger partial charge >= 0.3 is 0 Å². The Labute approximate surface area is 166 Å². The van der Waals surface area contributed by atoms with Gasteiger partial charge in [0.25, 0.3) is 0 Å². The van der Waals surface area contributed by atoms with Gasteiger partial charge in [-0.25, -0.2) is 0 Å². The lowest BCUT2D eigenvalue weighted by Gasteiger charge is -2.31. The minimum Gasteiger partial charge on any atom is -0.339 e. The zero-order valence-corrected chi connectivity index (χ0v) is 16.6. The second kappa shape index (κ2) is 8.38. The third kappa shape index (κ3) is 4.47. The first-order chi connectivity index (χ1) is 13.7. The van der Waals surface area contributed by atoms with Gasteiger partial charge < -0.3 is 10.2 Å². The van der Waals surface area contributed by atoms with Gasteiger partial charge in [-0.3, -0.25) is 0 Å². The largest absolute Gasteiger partial charge is 0.339 e. The normalized spacial score (nSPS) is 14.9. The van der Waals surface area contributed by atoms with E-state index < -0.39 is 0 Å². The average Bonchev–Trinajstić information content (AvgIpc) is 2.72. The van der Waals surface area contributed by atoms with Crippen LogP contribution >= 0.6 is 0 Å². The highest BCUT2D eigenvalue weighted by Gasteiger charge is 2.21. The van der Waals surface area contributed by atoms with Crippen LogP contribution in [0.25, 0.3) is 0 Å².